The van der Waals surface area contributed by atoms with Crippen LogP contribution >= 0.6 is 0 Å². The molecule has 1 aliphatic heterocycles. The minimum Gasteiger partial charge on any atom is -0.328 e. The van der Waals surface area contributed by atoms with Crippen molar-refractivity contribution in [2.24, 2.45) is 0 Å². The number of aryl methyl sites for hydroxylation is 1. The fraction of sp³-hybridized carbons (Fsp3) is 0.292. The maximum atomic E-state index is 13.0. The molecule has 6 nitrogen and oxygen atoms in total. The van der Waals surface area contributed by atoms with Gasteiger partial charge in [-0.25, -0.2) is 4.68 Å². The normalized spacial score (nSPS) is 15.2. The molecule has 2 heterocycles. The van der Waals surface area contributed by atoms with Crippen LogP contribution in [0.2, 0.25) is 0 Å². The summed E-state index contributed by atoms with van der Waals surface area (Å²) in [6.45, 7) is 7.28. The number of quaternary nitrogens is 1. The molecule has 1 aliphatic rings. The summed E-state index contributed by atoms with van der Waals surface area (Å²) in [4.78, 5) is 16.5. The molecule has 0 bridgehead atoms. The predicted molar refractivity (Wildman–Crippen MR) is 117 cm³/mol. The number of hydrogen-bond acceptors (Lipinski definition) is 3. The Morgan fingerprint density at radius 3 is 2.67 bits per heavy atom. The van der Waals surface area contributed by atoms with Crippen molar-refractivity contribution in [1.82, 2.24) is 19.9 Å². The van der Waals surface area contributed by atoms with Crippen LogP contribution in [0.25, 0.3) is 21.8 Å². The number of nitrogens with zero attached hydrogens (tertiary/aromatic N) is 4. The Morgan fingerprint density at radius 1 is 1.03 bits per heavy atom. The second kappa shape index (κ2) is 7.88. The zero-order chi connectivity index (χ0) is 20.5. The number of piperazine rings is 1. The Hall–Kier alpha value is -3.25. The van der Waals surface area contributed by atoms with Gasteiger partial charge in [0.25, 0.3) is 5.91 Å². The van der Waals surface area contributed by atoms with Crippen molar-refractivity contribution in [3.05, 3.63) is 71.8 Å². The molecule has 0 radical (unpaired) electrons. The summed E-state index contributed by atoms with van der Waals surface area (Å²) in [5, 5.41) is 11.0. The van der Waals surface area contributed by atoms with Crippen molar-refractivity contribution in [1.29, 1.82) is 0 Å². The van der Waals surface area contributed by atoms with Crippen LogP contribution in [-0.2, 0) is 13.1 Å². The average Bonchev–Trinajstić information content (AvgIpc) is 3.22. The molecule has 1 amide bonds. The zero-order valence-electron chi connectivity index (χ0n) is 17.2. The SMILES string of the molecule is CCn1nnc2cc(C(=O)N3CC[NH+](Cc4cccc5ccccc45)CC3)ccc21. The first-order valence-corrected chi connectivity index (χ1v) is 10.7. The monoisotopic (exact) mass is 400 g/mol. The van der Waals surface area contributed by atoms with E-state index in [0.29, 0.717) is 5.56 Å². The van der Waals surface area contributed by atoms with Crippen LogP contribution in [0.4, 0.5) is 0 Å². The van der Waals surface area contributed by atoms with Crippen molar-refractivity contribution in [2.75, 3.05) is 26.2 Å². The van der Waals surface area contributed by atoms with E-state index in [1.807, 2.05) is 34.7 Å². The Kier molecular flexibility index (Phi) is 4.93. The number of carbonyl (C=O) groups excluding carboxylic acids is 1. The summed E-state index contributed by atoms with van der Waals surface area (Å²) < 4.78 is 1.85. The van der Waals surface area contributed by atoms with Gasteiger partial charge in [-0.05, 0) is 35.9 Å². The molecule has 0 atom stereocenters. The molecule has 1 aromatic heterocycles. The number of carbonyl (C=O) groups is 1. The van der Waals surface area contributed by atoms with Crippen LogP contribution in [0.3, 0.4) is 0 Å². The van der Waals surface area contributed by atoms with E-state index in [-0.39, 0.29) is 5.91 Å². The number of rotatable bonds is 4. The number of nitrogens with one attached hydrogen (secondary N) is 1. The highest BCUT2D eigenvalue weighted by atomic mass is 16.2. The second-order valence-corrected chi connectivity index (χ2v) is 7.97. The highest BCUT2D eigenvalue weighted by Crippen LogP contribution is 2.18. The maximum Gasteiger partial charge on any atom is 0.254 e. The lowest BCUT2D eigenvalue weighted by atomic mass is 10.0. The van der Waals surface area contributed by atoms with Gasteiger partial charge in [0.2, 0.25) is 0 Å². The highest BCUT2D eigenvalue weighted by molar-refractivity contribution is 5.97. The van der Waals surface area contributed by atoms with Gasteiger partial charge in [0.15, 0.2) is 0 Å². The van der Waals surface area contributed by atoms with Crippen LogP contribution in [0, 0.1) is 0 Å². The summed E-state index contributed by atoms with van der Waals surface area (Å²) in [6.07, 6.45) is 0. The summed E-state index contributed by atoms with van der Waals surface area (Å²) in [7, 11) is 0. The number of fused-ring (bicyclic) bond motifs is 2. The van der Waals surface area contributed by atoms with Crippen molar-refractivity contribution >= 4 is 27.7 Å². The van der Waals surface area contributed by atoms with Crippen molar-refractivity contribution in [3.8, 4) is 0 Å². The fourth-order valence-electron chi connectivity index (χ4n) is 4.44. The average molecular weight is 401 g/mol. The number of aromatic nitrogens is 3. The van der Waals surface area contributed by atoms with Gasteiger partial charge in [-0.2, -0.15) is 0 Å². The Balaban J connectivity index is 1.26. The quantitative estimate of drug-likeness (QED) is 0.571. The molecular formula is C24H26N5O+. The van der Waals surface area contributed by atoms with Crippen LogP contribution < -0.4 is 4.90 Å². The lowest BCUT2D eigenvalue weighted by Gasteiger charge is -2.32. The van der Waals surface area contributed by atoms with E-state index in [4.69, 9.17) is 0 Å². The summed E-state index contributed by atoms with van der Waals surface area (Å²) >= 11 is 0. The third-order valence-electron chi connectivity index (χ3n) is 6.14. The van der Waals surface area contributed by atoms with Crippen molar-refractivity contribution in [2.45, 2.75) is 20.0 Å². The van der Waals surface area contributed by atoms with E-state index in [0.717, 1.165) is 50.3 Å². The summed E-state index contributed by atoms with van der Waals surface area (Å²) in [5.74, 6) is 0.0900. The third kappa shape index (κ3) is 3.44. The Bertz CT molecular complexity index is 1200. The van der Waals surface area contributed by atoms with Gasteiger partial charge in [-0.1, -0.05) is 47.7 Å². The second-order valence-electron chi connectivity index (χ2n) is 7.97. The van der Waals surface area contributed by atoms with E-state index in [2.05, 4.69) is 52.8 Å². The van der Waals surface area contributed by atoms with E-state index in [1.165, 1.54) is 21.2 Å². The first-order valence-electron chi connectivity index (χ1n) is 10.7. The molecule has 1 saturated heterocycles. The molecule has 0 spiro atoms. The van der Waals surface area contributed by atoms with Crippen LogP contribution in [0.5, 0.6) is 0 Å². The van der Waals surface area contributed by atoms with Gasteiger partial charge in [-0.15, -0.1) is 5.10 Å². The van der Waals surface area contributed by atoms with Crippen LogP contribution in [0.1, 0.15) is 22.8 Å². The predicted octanol–water partition coefficient (Wildman–Crippen LogP) is 2.15. The Labute approximate surface area is 175 Å². The van der Waals surface area contributed by atoms with E-state index in [9.17, 15) is 4.79 Å². The molecule has 3 aromatic carbocycles. The van der Waals surface area contributed by atoms with E-state index < -0.39 is 0 Å². The van der Waals surface area contributed by atoms with Gasteiger partial charge in [-0.3, -0.25) is 4.79 Å². The van der Waals surface area contributed by atoms with Gasteiger partial charge < -0.3 is 9.80 Å². The van der Waals surface area contributed by atoms with Gasteiger partial charge in [0.05, 0.1) is 31.7 Å². The summed E-state index contributed by atoms with van der Waals surface area (Å²) in [6, 6.07) is 20.8. The van der Waals surface area contributed by atoms with Gasteiger partial charge >= 0.3 is 0 Å². The fourth-order valence-corrected chi connectivity index (χ4v) is 4.44. The van der Waals surface area contributed by atoms with Crippen LogP contribution in [-0.4, -0.2) is 52.0 Å². The molecule has 6 heteroatoms. The van der Waals surface area contributed by atoms with Crippen molar-refractivity contribution in [3.63, 3.8) is 0 Å². The first-order chi connectivity index (χ1) is 14.7. The maximum absolute atomic E-state index is 13.0. The standard InChI is InChI=1S/C24H25N5O/c1-2-29-23-11-10-19(16-22(23)25-26-29)24(30)28-14-12-27(13-15-28)17-20-8-5-7-18-6-3-4-9-21(18)20/h3-11,16H,2,12-15,17H2,1H3/p+1. The van der Waals surface area contributed by atoms with Crippen molar-refractivity contribution < 1.29 is 9.69 Å². The molecule has 0 saturated carbocycles. The largest absolute Gasteiger partial charge is 0.328 e. The molecule has 0 aliphatic carbocycles. The third-order valence-corrected chi connectivity index (χ3v) is 6.14. The van der Waals surface area contributed by atoms with E-state index in [1.54, 1.807) is 0 Å². The first kappa shape index (κ1) is 18.8. The molecule has 30 heavy (non-hydrogen) atoms. The highest BCUT2D eigenvalue weighted by Gasteiger charge is 2.25. The minimum absolute atomic E-state index is 0.0900. The number of benzene rings is 3. The molecule has 1 fully saturated rings. The Morgan fingerprint density at radius 2 is 1.83 bits per heavy atom. The minimum atomic E-state index is 0.0900. The van der Waals surface area contributed by atoms with Crippen LogP contribution in [0.15, 0.2) is 60.7 Å². The zero-order valence-corrected chi connectivity index (χ0v) is 17.2. The molecule has 0 unspecified atom stereocenters. The summed E-state index contributed by atoms with van der Waals surface area (Å²) in [5.41, 5.74) is 3.83. The lowest BCUT2D eigenvalue weighted by molar-refractivity contribution is -0.917. The molecule has 152 valence electrons. The molecular weight excluding hydrogens is 374 g/mol. The topological polar surface area (TPSA) is 55.5 Å². The molecule has 4 aromatic rings. The van der Waals surface area contributed by atoms with E-state index >= 15 is 0 Å². The smallest absolute Gasteiger partial charge is 0.254 e. The number of amides is 1. The number of hydrogen-bond donors (Lipinski definition) is 1. The van der Waals surface area contributed by atoms with Gasteiger partial charge in [0.1, 0.15) is 12.1 Å². The molecule has 1 N–H and O–H groups in total. The molecule has 5 rings (SSSR count). The van der Waals surface area contributed by atoms with Gasteiger partial charge in [0, 0.05) is 17.7 Å². The lowest BCUT2D eigenvalue weighted by Crippen LogP contribution is -3.13.